The lowest BCUT2D eigenvalue weighted by molar-refractivity contribution is -0.0336. The number of aliphatic hydroxyl groups excluding tert-OH is 1. The second kappa shape index (κ2) is 20.7. The number of fused-ring (bicyclic) bond motifs is 4. The van der Waals surface area contributed by atoms with Gasteiger partial charge in [-0.15, -0.1) is 0 Å². The number of carbonyl (C=O) groups is 3. The number of benzene rings is 4. The van der Waals surface area contributed by atoms with Gasteiger partial charge in [-0.25, -0.2) is 9.59 Å². The molecule has 5 heterocycles. The van der Waals surface area contributed by atoms with Gasteiger partial charge >= 0.3 is 12.1 Å². The molecule has 0 saturated carbocycles. The number of hydrogen-bond acceptors (Lipinski definition) is 12. The molecule has 3 atom stereocenters. The van der Waals surface area contributed by atoms with E-state index in [0.29, 0.717) is 46.8 Å². The Kier molecular flexibility index (Phi) is 14.2. The van der Waals surface area contributed by atoms with Crippen LogP contribution in [-0.2, 0) is 29.7 Å². The molecule has 0 spiro atoms. The first-order valence-electron chi connectivity index (χ1n) is 21.9. The number of hydrogen-bond donors (Lipinski definition) is 6. The fourth-order valence-corrected chi connectivity index (χ4v) is 8.42. The van der Waals surface area contributed by atoms with Crippen molar-refractivity contribution in [3.63, 3.8) is 0 Å². The number of amides is 2. The van der Waals surface area contributed by atoms with Crippen molar-refractivity contribution in [2.24, 2.45) is 13.0 Å². The van der Waals surface area contributed by atoms with E-state index < -0.39 is 24.2 Å². The van der Waals surface area contributed by atoms with Crippen molar-refractivity contribution in [3.05, 3.63) is 159 Å². The van der Waals surface area contributed by atoms with Crippen molar-refractivity contribution in [3.8, 4) is 11.5 Å². The number of piperidine rings is 3. The normalized spacial score (nSPS) is 17.5. The molecule has 6 N–H and O–H groups in total. The fourth-order valence-electron chi connectivity index (χ4n) is 8.42. The van der Waals surface area contributed by atoms with Crippen molar-refractivity contribution in [2.45, 2.75) is 50.7 Å². The van der Waals surface area contributed by atoms with Gasteiger partial charge in [-0.3, -0.25) is 19.2 Å². The molecule has 3 unspecified atom stereocenters. The van der Waals surface area contributed by atoms with Crippen LogP contribution in [0.4, 0.5) is 4.79 Å². The van der Waals surface area contributed by atoms with Gasteiger partial charge in [0, 0.05) is 44.7 Å². The number of carbonyl (C=O) groups excluding carboxylic acids is 3. The first kappa shape index (κ1) is 44.6. The number of phenolic OH excluding ortho intramolecular Hbond substituents is 1. The summed E-state index contributed by atoms with van der Waals surface area (Å²) < 4.78 is 19.2. The monoisotopic (exact) mass is 883 g/mol. The number of aryl methyl sites for hydroxylation is 1. The van der Waals surface area contributed by atoms with Gasteiger partial charge in [0.1, 0.15) is 29.9 Å². The molecule has 0 aliphatic carbocycles. The first-order valence-corrected chi connectivity index (χ1v) is 21.9. The maximum absolute atomic E-state index is 13.2. The summed E-state index contributed by atoms with van der Waals surface area (Å²) in [6.07, 6.45) is 1.03. The average molecular weight is 884 g/mol. The van der Waals surface area contributed by atoms with E-state index in [1.165, 1.54) is 12.1 Å². The maximum Gasteiger partial charge on any atom is 0.408 e. The van der Waals surface area contributed by atoms with Gasteiger partial charge in [-0.2, -0.15) is 5.10 Å². The Labute approximate surface area is 375 Å². The summed E-state index contributed by atoms with van der Waals surface area (Å²) in [5, 5.41) is 34.9. The van der Waals surface area contributed by atoms with E-state index in [4.69, 9.17) is 14.2 Å². The van der Waals surface area contributed by atoms with Crippen LogP contribution >= 0.6 is 0 Å². The van der Waals surface area contributed by atoms with Gasteiger partial charge in [0.15, 0.2) is 0 Å². The Morgan fingerprint density at radius 2 is 1.71 bits per heavy atom. The van der Waals surface area contributed by atoms with Crippen LogP contribution in [0, 0.1) is 5.92 Å². The third-order valence-corrected chi connectivity index (χ3v) is 12.0. The van der Waals surface area contributed by atoms with Crippen molar-refractivity contribution in [1.82, 2.24) is 35.6 Å². The lowest BCUT2D eigenvalue weighted by Gasteiger charge is -2.43. The van der Waals surface area contributed by atoms with Gasteiger partial charge < -0.3 is 45.4 Å². The van der Waals surface area contributed by atoms with Crippen molar-refractivity contribution < 1.29 is 38.8 Å². The highest BCUT2D eigenvalue weighted by Crippen LogP contribution is 2.31. The minimum atomic E-state index is -0.938. The number of rotatable bonds is 18. The lowest BCUT2D eigenvalue weighted by Crippen LogP contribution is -2.52. The van der Waals surface area contributed by atoms with Gasteiger partial charge in [0.05, 0.1) is 35.5 Å². The summed E-state index contributed by atoms with van der Waals surface area (Å²) in [6, 6.07) is 31.5. The zero-order valence-electron chi connectivity index (χ0n) is 36.1. The SMILES string of the molecule is Cn1nc(C(=O)NCCCOC(=O)c2ccc(COc3cccc(C(NC(=O)OC4CN5CCC4CC5)c4ccccc4)c3)cc2)cc1CNCC(O)c1ccc(O)c2[nH]c(=O)ccc12. The highest BCUT2D eigenvalue weighted by molar-refractivity contribution is 5.92. The van der Waals surface area contributed by atoms with Crippen LogP contribution in [0.5, 0.6) is 11.5 Å². The predicted octanol–water partition coefficient (Wildman–Crippen LogP) is 5.26. The summed E-state index contributed by atoms with van der Waals surface area (Å²) in [7, 11) is 1.72. The van der Waals surface area contributed by atoms with Gasteiger partial charge in [-0.05, 0) is 103 Å². The zero-order chi connectivity index (χ0) is 45.3. The molecule has 65 heavy (non-hydrogen) atoms. The molecule has 3 saturated heterocycles. The fraction of sp³-hybridized carbons (Fsp3) is 0.327. The van der Waals surface area contributed by atoms with Gasteiger partial charge in [0.25, 0.3) is 5.91 Å². The molecule has 0 radical (unpaired) electrons. The van der Waals surface area contributed by atoms with E-state index in [2.05, 4.69) is 30.9 Å². The second-order valence-electron chi connectivity index (χ2n) is 16.4. The summed E-state index contributed by atoms with van der Waals surface area (Å²) in [5.41, 5.74) is 4.38. The maximum atomic E-state index is 13.2. The molecule has 3 aliphatic rings. The summed E-state index contributed by atoms with van der Waals surface area (Å²) in [5.74, 6) is 0.0885. The number of aromatic amines is 1. The number of aliphatic hydroxyl groups is 1. The zero-order valence-corrected chi connectivity index (χ0v) is 36.1. The Balaban J connectivity index is 0.755. The molecule has 4 aromatic carbocycles. The van der Waals surface area contributed by atoms with Crippen LogP contribution in [0.15, 0.2) is 114 Å². The van der Waals surface area contributed by atoms with E-state index in [-0.39, 0.29) is 60.8 Å². The molecule has 2 amide bonds. The molecular weight excluding hydrogens is 831 g/mol. The second-order valence-corrected chi connectivity index (χ2v) is 16.4. The van der Waals surface area contributed by atoms with E-state index in [1.807, 2.05) is 54.6 Å². The van der Waals surface area contributed by atoms with Crippen LogP contribution in [0.1, 0.15) is 80.2 Å². The largest absolute Gasteiger partial charge is 0.506 e. The van der Waals surface area contributed by atoms with Crippen LogP contribution in [-0.4, -0.2) is 93.3 Å². The third-order valence-electron chi connectivity index (χ3n) is 12.0. The number of aromatic nitrogens is 3. The molecule has 16 nitrogen and oxygen atoms in total. The molecule has 338 valence electrons. The number of ether oxygens (including phenoxy) is 3. The average Bonchev–Trinajstić information content (AvgIpc) is 3.70. The van der Waals surface area contributed by atoms with Gasteiger partial charge in [-0.1, -0.05) is 60.7 Å². The molecule has 16 heteroatoms. The summed E-state index contributed by atoms with van der Waals surface area (Å²) >= 11 is 0. The number of esters is 1. The van der Waals surface area contributed by atoms with E-state index in [1.54, 1.807) is 54.2 Å². The van der Waals surface area contributed by atoms with Crippen molar-refractivity contribution >= 4 is 28.9 Å². The predicted molar refractivity (Wildman–Crippen MR) is 241 cm³/mol. The number of pyridine rings is 1. The van der Waals surface area contributed by atoms with Crippen molar-refractivity contribution in [2.75, 3.05) is 39.3 Å². The topological polar surface area (TPSA) is 209 Å². The van der Waals surface area contributed by atoms with E-state index in [9.17, 15) is 29.4 Å². The van der Waals surface area contributed by atoms with E-state index in [0.717, 1.165) is 49.2 Å². The summed E-state index contributed by atoms with van der Waals surface area (Å²) in [4.78, 5) is 55.5. The van der Waals surface area contributed by atoms with Crippen LogP contribution in [0.3, 0.4) is 0 Å². The number of phenols is 1. The highest BCUT2D eigenvalue weighted by atomic mass is 16.6. The molecular formula is C49H53N7O9. The molecule has 3 aliphatic heterocycles. The molecule has 6 aromatic rings. The van der Waals surface area contributed by atoms with Gasteiger partial charge in [0.2, 0.25) is 5.56 Å². The molecule has 3 fully saturated rings. The number of H-pyrrole nitrogens is 1. The number of alkyl carbamates (subject to hydrolysis) is 1. The van der Waals surface area contributed by atoms with Crippen LogP contribution in [0.25, 0.3) is 10.9 Å². The van der Waals surface area contributed by atoms with Crippen LogP contribution in [0.2, 0.25) is 0 Å². The Bertz CT molecular complexity index is 2660. The lowest BCUT2D eigenvalue weighted by atomic mass is 9.86. The Morgan fingerprint density at radius 3 is 2.48 bits per heavy atom. The number of nitrogens with zero attached hydrogens (tertiary/aromatic N) is 3. The smallest absolute Gasteiger partial charge is 0.408 e. The van der Waals surface area contributed by atoms with Crippen LogP contribution < -0.4 is 26.2 Å². The number of aromatic hydroxyl groups is 1. The molecule has 2 aromatic heterocycles. The standard InChI is InChI=1S/C49H53N7O9/c1-55-36(27-50-28-42(58)38-15-17-41(57)46-39(38)16-18-44(59)52-46)26-40(54-55)47(60)51-21-6-24-63-48(61)34-13-11-31(12-14-34)30-64-37-10-5-9-35(25-37)45(33-7-3-2-4-8-33)53-49(62)65-43-29-56-22-19-32(43)20-23-56/h2-5,7-18,25-26,32,42-43,45,50,57-58H,6,19-24,27-30H2,1H3,(H,51,60)(H,52,59)(H,53,62). The minimum Gasteiger partial charge on any atom is -0.506 e. The Morgan fingerprint density at radius 1 is 0.923 bits per heavy atom. The molecule has 2 bridgehead atoms. The van der Waals surface area contributed by atoms with E-state index >= 15 is 0 Å². The summed E-state index contributed by atoms with van der Waals surface area (Å²) in [6.45, 7) is 4.01. The quantitative estimate of drug-likeness (QED) is 0.0483. The first-order chi connectivity index (χ1) is 31.6. The highest BCUT2D eigenvalue weighted by Gasteiger charge is 2.37. The molecule has 9 rings (SSSR count). The third kappa shape index (κ3) is 11.2. The minimum absolute atomic E-state index is 0.0864. The van der Waals surface area contributed by atoms with Crippen molar-refractivity contribution in [1.29, 1.82) is 0 Å². The Hall–Kier alpha value is -7.01. The number of nitrogens with one attached hydrogen (secondary N) is 4.